The Morgan fingerprint density at radius 3 is 1.91 bits per heavy atom. The molecule has 0 N–H and O–H groups in total. The summed E-state index contributed by atoms with van der Waals surface area (Å²) in [6.45, 7) is 25.1. The monoisotopic (exact) mass is 597 g/mol. The van der Waals surface area contributed by atoms with Crippen LogP contribution in [-0.4, -0.2) is 102 Å². The van der Waals surface area contributed by atoms with Gasteiger partial charge in [-0.15, -0.1) is 0 Å². The van der Waals surface area contributed by atoms with Gasteiger partial charge in [-0.25, -0.2) is 9.97 Å². The number of aromatic nitrogens is 3. The molecule has 2 aromatic heterocycles. The fourth-order valence-corrected chi connectivity index (χ4v) is 5.40. The third-order valence-electron chi connectivity index (χ3n) is 8.31. The van der Waals surface area contributed by atoms with E-state index in [9.17, 15) is 0 Å². The van der Waals surface area contributed by atoms with Gasteiger partial charge < -0.3 is 18.9 Å². The molecule has 2 atom stereocenters. The normalized spacial score (nSPS) is 20.6. The predicted octanol–water partition coefficient (Wildman–Crippen LogP) is 5.27. The lowest BCUT2D eigenvalue weighted by atomic mass is 9.83. The zero-order valence-corrected chi connectivity index (χ0v) is 27.9. The summed E-state index contributed by atoms with van der Waals surface area (Å²) < 4.78 is 24.2. The molecule has 0 aromatic carbocycles. The van der Waals surface area contributed by atoms with E-state index >= 15 is 0 Å². The van der Waals surface area contributed by atoms with E-state index in [0.717, 1.165) is 70.8 Å². The summed E-state index contributed by atoms with van der Waals surface area (Å²) in [4.78, 5) is 18.4. The second-order valence-corrected chi connectivity index (χ2v) is 14.7. The number of nitrogens with zero attached hydrogens (tertiary/aromatic N) is 5. The van der Waals surface area contributed by atoms with Gasteiger partial charge in [-0.2, -0.15) is 0 Å². The summed E-state index contributed by atoms with van der Waals surface area (Å²) >= 11 is 0. The van der Waals surface area contributed by atoms with Gasteiger partial charge >= 0.3 is 0 Å². The smallest absolute Gasteiger partial charge is 0.232 e. The molecule has 0 amide bonds. The van der Waals surface area contributed by atoms with E-state index in [1.165, 1.54) is 5.56 Å². The van der Waals surface area contributed by atoms with Crippen LogP contribution >= 0.6 is 0 Å². The highest BCUT2D eigenvalue weighted by molar-refractivity contribution is 5.24. The minimum Gasteiger partial charge on any atom is -0.473 e. The summed E-state index contributed by atoms with van der Waals surface area (Å²) in [6, 6.07) is 4.16. The summed E-state index contributed by atoms with van der Waals surface area (Å²) in [5.41, 5.74) is 2.04. The lowest BCUT2D eigenvalue weighted by molar-refractivity contribution is -0.0116. The third kappa shape index (κ3) is 11.0. The Kier molecular flexibility index (Phi) is 11.4. The molecule has 2 aromatic rings. The first-order valence-corrected chi connectivity index (χ1v) is 16.1. The number of likely N-dealkylation sites (tertiary alicyclic amines) is 2. The van der Waals surface area contributed by atoms with E-state index in [1.807, 2.05) is 18.5 Å². The fraction of sp³-hybridized carbons (Fsp3) is 0.735. The topological polar surface area (TPSA) is 82.1 Å². The Hall–Kier alpha value is -2.33. The second kappa shape index (κ2) is 14.6. The fourth-order valence-electron chi connectivity index (χ4n) is 5.40. The number of pyridine rings is 1. The molecule has 4 heterocycles. The molecular weight excluding hydrogens is 542 g/mol. The van der Waals surface area contributed by atoms with Gasteiger partial charge in [-0.3, -0.25) is 14.8 Å². The number of rotatable bonds is 14. The molecule has 2 fully saturated rings. The van der Waals surface area contributed by atoms with Crippen LogP contribution < -0.4 is 9.47 Å². The van der Waals surface area contributed by atoms with Gasteiger partial charge in [0.1, 0.15) is 12.2 Å². The Morgan fingerprint density at radius 2 is 1.35 bits per heavy atom. The first-order chi connectivity index (χ1) is 20.3. The highest BCUT2D eigenvalue weighted by Gasteiger charge is 2.27. The van der Waals surface area contributed by atoms with Gasteiger partial charge in [0.25, 0.3) is 0 Å². The van der Waals surface area contributed by atoms with Crippen LogP contribution in [0.1, 0.15) is 85.9 Å². The molecular formula is C34H55N5O4. The SMILES string of the molecule is CC(C)(C)OCCN1CCC(Oc2ccc(C(C)(C)CCOCCN3CCC(Oc4cnc(C(C)(C)C)cn4)C3)cn2)C1. The van der Waals surface area contributed by atoms with Crippen molar-refractivity contribution in [3.05, 3.63) is 42.0 Å². The van der Waals surface area contributed by atoms with Crippen molar-refractivity contribution in [2.75, 3.05) is 59.1 Å². The summed E-state index contributed by atoms with van der Waals surface area (Å²) in [5, 5.41) is 0. The maximum Gasteiger partial charge on any atom is 0.232 e. The van der Waals surface area contributed by atoms with Crippen LogP contribution in [0.25, 0.3) is 0 Å². The predicted molar refractivity (Wildman–Crippen MR) is 170 cm³/mol. The average Bonchev–Trinajstić information content (AvgIpc) is 3.57. The lowest BCUT2D eigenvalue weighted by Gasteiger charge is -2.25. The van der Waals surface area contributed by atoms with Crippen LogP contribution in [-0.2, 0) is 20.3 Å². The Balaban J connectivity index is 1.10. The zero-order chi connectivity index (χ0) is 31.1. The van der Waals surface area contributed by atoms with E-state index in [-0.39, 0.29) is 28.6 Å². The minimum absolute atomic E-state index is 0.0120. The quantitative estimate of drug-likeness (QED) is 0.270. The van der Waals surface area contributed by atoms with Crippen molar-refractivity contribution >= 4 is 0 Å². The van der Waals surface area contributed by atoms with Gasteiger partial charge in [0.2, 0.25) is 11.8 Å². The molecule has 2 unspecified atom stereocenters. The zero-order valence-electron chi connectivity index (χ0n) is 27.9. The van der Waals surface area contributed by atoms with Crippen molar-refractivity contribution in [1.29, 1.82) is 0 Å². The van der Waals surface area contributed by atoms with E-state index in [2.05, 4.69) is 86.2 Å². The molecule has 0 bridgehead atoms. The molecule has 0 saturated carbocycles. The van der Waals surface area contributed by atoms with E-state index in [1.54, 1.807) is 6.20 Å². The van der Waals surface area contributed by atoms with Gasteiger partial charge in [-0.1, -0.05) is 40.7 Å². The Morgan fingerprint density at radius 1 is 0.721 bits per heavy atom. The summed E-state index contributed by atoms with van der Waals surface area (Å²) in [6.07, 6.45) is 8.81. The minimum atomic E-state index is -0.0915. The van der Waals surface area contributed by atoms with Crippen LogP contribution in [0.15, 0.2) is 30.7 Å². The largest absolute Gasteiger partial charge is 0.473 e. The summed E-state index contributed by atoms with van der Waals surface area (Å²) in [7, 11) is 0. The molecule has 240 valence electrons. The molecule has 2 aliphatic heterocycles. The maximum absolute atomic E-state index is 6.20. The molecule has 2 saturated heterocycles. The molecule has 43 heavy (non-hydrogen) atoms. The first-order valence-electron chi connectivity index (χ1n) is 16.1. The second-order valence-electron chi connectivity index (χ2n) is 14.7. The van der Waals surface area contributed by atoms with Crippen LogP contribution in [0.4, 0.5) is 0 Å². The van der Waals surface area contributed by atoms with E-state index in [4.69, 9.17) is 18.9 Å². The maximum atomic E-state index is 6.20. The molecule has 4 rings (SSSR count). The number of hydrogen-bond donors (Lipinski definition) is 0. The molecule has 9 nitrogen and oxygen atoms in total. The Labute approximate surface area is 259 Å². The van der Waals surface area contributed by atoms with Gasteiger partial charge in [0.15, 0.2) is 0 Å². The van der Waals surface area contributed by atoms with Crippen molar-refractivity contribution < 1.29 is 18.9 Å². The van der Waals surface area contributed by atoms with Gasteiger partial charge in [0, 0.05) is 63.6 Å². The average molecular weight is 598 g/mol. The van der Waals surface area contributed by atoms with Crippen LogP contribution in [0.5, 0.6) is 11.8 Å². The van der Waals surface area contributed by atoms with Gasteiger partial charge in [0.05, 0.1) is 36.9 Å². The highest BCUT2D eigenvalue weighted by atomic mass is 16.5. The van der Waals surface area contributed by atoms with Crippen molar-refractivity contribution in [3.63, 3.8) is 0 Å². The Bertz CT molecular complexity index is 1110. The molecule has 0 aliphatic carbocycles. The molecule has 0 radical (unpaired) electrons. The summed E-state index contributed by atoms with van der Waals surface area (Å²) in [5.74, 6) is 1.31. The molecule has 0 spiro atoms. The van der Waals surface area contributed by atoms with Gasteiger partial charge in [-0.05, 0) is 51.0 Å². The van der Waals surface area contributed by atoms with Crippen molar-refractivity contribution in [2.45, 2.75) is 103 Å². The number of hydrogen-bond acceptors (Lipinski definition) is 9. The highest BCUT2D eigenvalue weighted by Crippen LogP contribution is 2.28. The van der Waals surface area contributed by atoms with Crippen molar-refractivity contribution in [2.24, 2.45) is 0 Å². The van der Waals surface area contributed by atoms with E-state index in [0.29, 0.717) is 25.0 Å². The van der Waals surface area contributed by atoms with Crippen LogP contribution in [0.3, 0.4) is 0 Å². The molecule has 2 aliphatic rings. The first kappa shape index (κ1) is 33.6. The van der Waals surface area contributed by atoms with Crippen LogP contribution in [0.2, 0.25) is 0 Å². The van der Waals surface area contributed by atoms with Crippen molar-refractivity contribution in [1.82, 2.24) is 24.8 Å². The number of ether oxygens (including phenoxy) is 4. The van der Waals surface area contributed by atoms with Crippen LogP contribution in [0, 0.1) is 0 Å². The molecule has 9 heteroatoms. The van der Waals surface area contributed by atoms with Crippen molar-refractivity contribution in [3.8, 4) is 11.8 Å². The van der Waals surface area contributed by atoms with E-state index < -0.39 is 0 Å². The standard InChI is InChI=1S/C34H55N5O4/c1-32(2,3)29-22-37-31(23-35-29)43-28-12-14-38(25-28)16-19-40-18-13-34(7,8)26-9-10-30(36-21-26)42-27-11-15-39(24-27)17-20-41-33(4,5)6/h9-10,21-23,27-28H,11-20,24-25H2,1-8H3. The lowest BCUT2D eigenvalue weighted by Crippen LogP contribution is -2.31. The third-order valence-corrected chi connectivity index (χ3v) is 8.31.